The van der Waals surface area contributed by atoms with Crippen molar-refractivity contribution in [2.24, 2.45) is 0 Å². The lowest BCUT2D eigenvalue weighted by atomic mass is 10.3. The summed E-state index contributed by atoms with van der Waals surface area (Å²) in [5, 5.41) is 5.61. The number of nitrogens with one attached hydrogen (secondary N) is 2. The van der Waals surface area contributed by atoms with Crippen molar-refractivity contribution >= 4 is 17.5 Å². The Morgan fingerprint density at radius 3 is 2.27 bits per heavy atom. The highest BCUT2D eigenvalue weighted by Gasteiger charge is 2.12. The van der Waals surface area contributed by atoms with Crippen LogP contribution in [0, 0.1) is 0 Å². The van der Waals surface area contributed by atoms with E-state index >= 15 is 0 Å². The molecule has 0 aromatic heterocycles. The maximum absolute atomic E-state index is 12.0. The topological polar surface area (TPSA) is 70.7 Å². The van der Waals surface area contributed by atoms with Gasteiger partial charge in [0.1, 0.15) is 5.75 Å². The monoisotopic (exact) mass is 307 g/mol. The van der Waals surface area contributed by atoms with Crippen molar-refractivity contribution in [3.05, 3.63) is 24.3 Å². The molecular weight excluding hydrogens is 282 g/mol. The molecule has 1 aromatic rings. The van der Waals surface area contributed by atoms with Gasteiger partial charge in [0.2, 0.25) is 11.8 Å². The first-order valence-electron chi connectivity index (χ1n) is 7.52. The number of amides is 2. The van der Waals surface area contributed by atoms with Crippen molar-refractivity contribution in [2.75, 3.05) is 38.6 Å². The number of anilines is 1. The van der Waals surface area contributed by atoms with Crippen molar-refractivity contribution in [3.63, 3.8) is 0 Å². The van der Waals surface area contributed by atoms with Crippen LogP contribution in [0.5, 0.6) is 5.75 Å². The van der Waals surface area contributed by atoms with Gasteiger partial charge in [-0.3, -0.25) is 14.5 Å². The molecule has 0 saturated carbocycles. The fourth-order valence-corrected chi connectivity index (χ4v) is 1.88. The number of methoxy groups -OCH3 is 1. The molecular formula is C16H25N3O3. The average Bonchev–Trinajstić information content (AvgIpc) is 2.52. The van der Waals surface area contributed by atoms with Gasteiger partial charge in [0.05, 0.1) is 20.2 Å². The molecule has 0 aliphatic heterocycles. The van der Waals surface area contributed by atoms with E-state index in [1.54, 1.807) is 36.3 Å². The summed E-state index contributed by atoms with van der Waals surface area (Å²) in [4.78, 5) is 25.5. The molecule has 0 atom stereocenters. The molecule has 0 aliphatic carbocycles. The first kappa shape index (κ1) is 18.0. The summed E-state index contributed by atoms with van der Waals surface area (Å²) in [6.45, 7) is 5.63. The van der Waals surface area contributed by atoms with Crippen LogP contribution in [0.4, 0.5) is 5.69 Å². The van der Waals surface area contributed by atoms with Crippen LogP contribution in [0.1, 0.15) is 20.3 Å². The number of rotatable bonds is 9. The van der Waals surface area contributed by atoms with Crippen molar-refractivity contribution in [1.82, 2.24) is 10.2 Å². The average molecular weight is 307 g/mol. The third-order valence-electron chi connectivity index (χ3n) is 3.13. The predicted molar refractivity (Wildman–Crippen MR) is 87.0 cm³/mol. The van der Waals surface area contributed by atoms with Gasteiger partial charge in [-0.25, -0.2) is 0 Å². The maximum Gasteiger partial charge on any atom is 0.238 e. The lowest BCUT2D eigenvalue weighted by Gasteiger charge is -2.19. The molecule has 0 spiro atoms. The highest BCUT2D eigenvalue weighted by atomic mass is 16.5. The first-order valence-corrected chi connectivity index (χ1v) is 7.52. The van der Waals surface area contributed by atoms with Crippen molar-refractivity contribution in [3.8, 4) is 5.75 Å². The van der Waals surface area contributed by atoms with Gasteiger partial charge in [-0.1, -0.05) is 13.8 Å². The van der Waals surface area contributed by atoms with Gasteiger partial charge in [0.15, 0.2) is 0 Å². The number of hydrogen-bond acceptors (Lipinski definition) is 4. The minimum absolute atomic E-state index is 0.0547. The molecule has 6 heteroatoms. The van der Waals surface area contributed by atoms with E-state index < -0.39 is 0 Å². The third kappa shape index (κ3) is 6.58. The normalized spacial score (nSPS) is 10.4. The van der Waals surface area contributed by atoms with E-state index in [1.807, 2.05) is 13.8 Å². The highest BCUT2D eigenvalue weighted by molar-refractivity contribution is 5.92. The van der Waals surface area contributed by atoms with E-state index in [0.717, 1.165) is 12.2 Å². The van der Waals surface area contributed by atoms with Gasteiger partial charge in [-0.15, -0.1) is 0 Å². The Morgan fingerprint density at radius 2 is 1.73 bits per heavy atom. The Balaban J connectivity index is 2.44. The summed E-state index contributed by atoms with van der Waals surface area (Å²) < 4.78 is 5.07. The summed E-state index contributed by atoms with van der Waals surface area (Å²) in [6.07, 6.45) is 0.899. The second kappa shape index (κ2) is 9.78. The highest BCUT2D eigenvalue weighted by Crippen LogP contribution is 2.14. The van der Waals surface area contributed by atoms with Gasteiger partial charge in [0, 0.05) is 12.2 Å². The fraction of sp³-hybridized carbons (Fsp3) is 0.500. The van der Waals surface area contributed by atoms with Crippen LogP contribution in [0.2, 0.25) is 0 Å². The van der Waals surface area contributed by atoms with E-state index in [0.29, 0.717) is 18.8 Å². The molecule has 122 valence electrons. The Morgan fingerprint density at radius 1 is 1.09 bits per heavy atom. The summed E-state index contributed by atoms with van der Waals surface area (Å²) >= 11 is 0. The molecule has 0 unspecified atom stereocenters. The number of ether oxygens (including phenoxy) is 1. The summed E-state index contributed by atoms with van der Waals surface area (Å²) in [5.41, 5.74) is 0.706. The SMILES string of the molecule is CCCNC(=O)CN(CC)CC(=O)Nc1ccc(OC)cc1. The van der Waals surface area contributed by atoms with E-state index in [2.05, 4.69) is 10.6 Å². The molecule has 0 heterocycles. The molecule has 2 amide bonds. The molecule has 0 fully saturated rings. The molecule has 1 aromatic carbocycles. The lowest BCUT2D eigenvalue weighted by molar-refractivity contribution is -0.123. The molecule has 1 rings (SSSR count). The molecule has 22 heavy (non-hydrogen) atoms. The number of nitrogens with zero attached hydrogens (tertiary/aromatic N) is 1. The van der Waals surface area contributed by atoms with Gasteiger partial charge in [-0.05, 0) is 37.2 Å². The molecule has 0 bridgehead atoms. The van der Waals surface area contributed by atoms with Crippen molar-refractivity contribution in [2.45, 2.75) is 20.3 Å². The smallest absolute Gasteiger partial charge is 0.238 e. The van der Waals surface area contributed by atoms with E-state index in [-0.39, 0.29) is 24.9 Å². The lowest BCUT2D eigenvalue weighted by Crippen LogP contribution is -2.41. The van der Waals surface area contributed by atoms with Crippen LogP contribution in [-0.4, -0.2) is 50.0 Å². The fourth-order valence-electron chi connectivity index (χ4n) is 1.88. The number of hydrogen-bond donors (Lipinski definition) is 2. The number of carbonyl (C=O) groups excluding carboxylic acids is 2. The van der Waals surface area contributed by atoms with Gasteiger partial charge < -0.3 is 15.4 Å². The van der Waals surface area contributed by atoms with Crippen LogP contribution in [0.25, 0.3) is 0 Å². The number of likely N-dealkylation sites (N-methyl/N-ethyl adjacent to an activating group) is 1. The minimum Gasteiger partial charge on any atom is -0.497 e. The second-order valence-corrected chi connectivity index (χ2v) is 4.93. The Hall–Kier alpha value is -2.08. The van der Waals surface area contributed by atoms with Crippen LogP contribution in [0.15, 0.2) is 24.3 Å². The maximum atomic E-state index is 12.0. The molecule has 0 radical (unpaired) electrons. The standard InChI is InChI=1S/C16H25N3O3/c1-4-10-17-15(20)11-19(5-2)12-16(21)18-13-6-8-14(22-3)9-7-13/h6-9H,4-5,10-12H2,1-3H3,(H,17,20)(H,18,21). The minimum atomic E-state index is -0.143. The largest absolute Gasteiger partial charge is 0.497 e. The van der Waals surface area contributed by atoms with Crippen LogP contribution >= 0.6 is 0 Å². The van der Waals surface area contributed by atoms with Gasteiger partial charge in [-0.2, -0.15) is 0 Å². The number of carbonyl (C=O) groups is 2. The number of benzene rings is 1. The first-order chi connectivity index (χ1) is 10.6. The van der Waals surface area contributed by atoms with Crippen LogP contribution in [0.3, 0.4) is 0 Å². The zero-order valence-electron chi connectivity index (χ0n) is 13.5. The molecule has 0 saturated heterocycles. The van der Waals surface area contributed by atoms with Crippen LogP contribution < -0.4 is 15.4 Å². The van der Waals surface area contributed by atoms with Gasteiger partial charge in [0.25, 0.3) is 0 Å². The Labute approximate surface area is 131 Å². The summed E-state index contributed by atoms with van der Waals surface area (Å²) in [5.74, 6) is 0.539. The van der Waals surface area contributed by atoms with Gasteiger partial charge >= 0.3 is 0 Å². The summed E-state index contributed by atoms with van der Waals surface area (Å²) in [6, 6.07) is 7.12. The quantitative estimate of drug-likeness (QED) is 0.725. The van der Waals surface area contributed by atoms with Crippen molar-refractivity contribution < 1.29 is 14.3 Å². The van der Waals surface area contributed by atoms with Crippen molar-refractivity contribution in [1.29, 1.82) is 0 Å². The Kier molecular flexibility index (Phi) is 7.99. The van der Waals surface area contributed by atoms with E-state index in [1.165, 1.54) is 0 Å². The third-order valence-corrected chi connectivity index (χ3v) is 3.13. The Bertz CT molecular complexity index is 474. The second-order valence-electron chi connectivity index (χ2n) is 4.93. The van der Waals surface area contributed by atoms with E-state index in [9.17, 15) is 9.59 Å². The molecule has 0 aliphatic rings. The zero-order chi connectivity index (χ0) is 16.4. The van der Waals surface area contributed by atoms with E-state index in [4.69, 9.17) is 4.74 Å². The molecule has 6 nitrogen and oxygen atoms in total. The summed E-state index contributed by atoms with van der Waals surface area (Å²) in [7, 11) is 1.59. The zero-order valence-corrected chi connectivity index (χ0v) is 13.5. The molecule has 2 N–H and O–H groups in total. The predicted octanol–water partition coefficient (Wildman–Crippen LogP) is 1.48. The van der Waals surface area contributed by atoms with Crippen LogP contribution in [-0.2, 0) is 9.59 Å².